The van der Waals surface area contributed by atoms with Crippen molar-refractivity contribution in [2.45, 2.75) is 30.7 Å². The van der Waals surface area contributed by atoms with Crippen LogP contribution < -0.4 is 17.0 Å². The van der Waals surface area contributed by atoms with E-state index in [1.54, 1.807) is 0 Å². The Kier molecular flexibility index (Phi) is 11.1. The molecule has 18 nitrogen and oxygen atoms in total. The molecule has 0 bridgehead atoms. The standard InChI is InChI=1S/C17H22N8O10P4/c18-3-1-2-9-5-25(15-14(9)16(27)23-17(19)22-15)12-4-10(33-8-21-24-20)11(35-12)6-34-38(30)36-39(31,32)13(26)7-37(28)29/h5,10-13,26,36H,3-4,6-8,18H2,(H3-2,19,22,23,27,28,29,31,32)/p+2/t10-,11-,12-,13?/m1/s1. The summed E-state index contributed by atoms with van der Waals surface area (Å²) >= 11 is 0. The van der Waals surface area contributed by atoms with Gasteiger partial charge >= 0.3 is 22.8 Å². The number of aromatic nitrogens is 3. The second-order valence-corrected chi connectivity index (χ2v) is 17.1. The van der Waals surface area contributed by atoms with Gasteiger partial charge in [0.05, 0.1) is 23.6 Å². The molecule has 0 saturated carbocycles. The van der Waals surface area contributed by atoms with E-state index >= 15 is 0 Å². The van der Waals surface area contributed by atoms with Crippen molar-refractivity contribution in [3.63, 3.8) is 0 Å². The molecule has 1 aliphatic heterocycles. The number of nitrogens with two attached hydrogens (primary N) is 2. The molecule has 0 aromatic carbocycles. The number of hydrogen-bond acceptors (Lipinski definition) is 12. The molecule has 0 aliphatic carbocycles. The summed E-state index contributed by atoms with van der Waals surface area (Å²) in [6, 6.07) is 0. The van der Waals surface area contributed by atoms with Crippen molar-refractivity contribution in [3.8, 4) is 11.8 Å². The summed E-state index contributed by atoms with van der Waals surface area (Å²) in [7, 11) is -11.4. The number of azide groups is 1. The van der Waals surface area contributed by atoms with E-state index in [2.05, 4.69) is 31.8 Å². The van der Waals surface area contributed by atoms with Crippen LogP contribution in [0.5, 0.6) is 0 Å². The Morgan fingerprint density at radius 3 is 2.92 bits per heavy atom. The third-order valence-electron chi connectivity index (χ3n) is 5.23. The molecule has 0 radical (unpaired) electrons. The van der Waals surface area contributed by atoms with Gasteiger partial charge in [0.2, 0.25) is 12.1 Å². The van der Waals surface area contributed by atoms with Crippen LogP contribution in [0.25, 0.3) is 21.5 Å². The highest BCUT2D eigenvalue weighted by molar-refractivity contribution is 8.49. The maximum absolute atomic E-state index is 12.6. The van der Waals surface area contributed by atoms with Gasteiger partial charge < -0.3 is 35.5 Å². The van der Waals surface area contributed by atoms with Crippen molar-refractivity contribution in [2.75, 3.05) is 31.8 Å². The number of nitrogens with one attached hydrogen (secondary N) is 1. The van der Waals surface area contributed by atoms with Crippen molar-refractivity contribution in [1.82, 2.24) is 14.5 Å². The average molecular weight is 624 g/mol. The molecule has 8 N–H and O–H groups in total. The highest BCUT2D eigenvalue weighted by Gasteiger charge is 2.46. The van der Waals surface area contributed by atoms with E-state index in [0.717, 1.165) is 0 Å². The number of hydrogen-bond donors (Lipinski definition) is 6. The second kappa shape index (κ2) is 13.8. The van der Waals surface area contributed by atoms with Gasteiger partial charge in [0.15, 0.2) is 11.5 Å². The first-order valence-corrected chi connectivity index (χ1v) is 17.8. The number of aliphatic hydroxyl groups is 1. The van der Waals surface area contributed by atoms with Crippen LogP contribution in [0, 0.1) is 11.8 Å². The number of aromatic amines is 1. The molecule has 3 rings (SSSR count). The van der Waals surface area contributed by atoms with Crippen LogP contribution in [-0.4, -0.2) is 73.5 Å². The Balaban J connectivity index is 1.82. The Hall–Kier alpha value is -2.33. The van der Waals surface area contributed by atoms with Gasteiger partial charge in [0, 0.05) is 17.5 Å². The smallest absolute Gasteiger partial charge is 0.378 e. The Morgan fingerprint density at radius 2 is 2.26 bits per heavy atom. The highest BCUT2D eigenvalue weighted by atomic mass is 32.4. The number of aliphatic hydroxyl groups excluding tert-OH is 1. The van der Waals surface area contributed by atoms with Gasteiger partial charge in [-0.05, 0) is 14.7 Å². The van der Waals surface area contributed by atoms with Crippen LogP contribution in [0.1, 0.15) is 18.2 Å². The van der Waals surface area contributed by atoms with Crippen molar-refractivity contribution >= 4 is 47.7 Å². The largest absolute Gasteiger partial charge is 0.530 e. The SMILES string of the molecule is [N-]=[N+]=NCO[C@@H]1C[C@H](n2cc(C#CCN)c3c(=O)[nH]c(N)nc32)O[C@@H]1CO[P+](=O)PP(=O)(O)C(O)C[P+](=O)O. The molecule has 5 unspecified atom stereocenters. The van der Waals surface area contributed by atoms with Gasteiger partial charge in [0.1, 0.15) is 25.7 Å². The highest BCUT2D eigenvalue weighted by Crippen LogP contribution is 2.74. The Morgan fingerprint density at radius 1 is 1.51 bits per heavy atom. The van der Waals surface area contributed by atoms with E-state index in [4.69, 9.17) is 35.9 Å². The molecule has 0 spiro atoms. The van der Waals surface area contributed by atoms with Gasteiger partial charge in [-0.1, -0.05) is 17.0 Å². The first-order valence-electron chi connectivity index (χ1n) is 10.9. The van der Waals surface area contributed by atoms with Gasteiger partial charge in [-0.3, -0.25) is 14.3 Å². The second-order valence-electron chi connectivity index (χ2n) is 7.83. The monoisotopic (exact) mass is 624 g/mol. The zero-order valence-electron chi connectivity index (χ0n) is 19.9. The van der Waals surface area contributed by atoms with E-state index in [1.165, 1.54) is 10.8 Å². The number of anilines is 1. The van der Waals surface area contributed by atoms with Crippen LogP contribution in [0.15, 0.2) is 16.1 Å². The van der Waals surface area contributed by atoms with Crippen LogP contribution in [0.2, 0.25) is 0 Å². The van der Waals surface area contributed by atoms with E-state index in [0.29, 0.717) is 5.56 Å². The lowest BCUT2D eigenvalue weighted by atomic mass is 10.2. The van der Waals surface area contributed by atoms with Crippen molar-refractivity contribution in [1.29, 1.82) is 0 Å². The number of H-pyrrole nitrogens is 1. The lowest BCUT2D eigenvalue weighted by Crippen LogP contribution is -2.28. The van der Waals surface area contributed by atoms with Crippen LogP contribution in [0.3, 0.4) is 0 Å². The molecule has 8 atom stereocenters. The maximum atomic E-state index is 12.6. The number of ether oxygens (including phenoxy) is 2. The molecular weight excluding hydrogens is 600 g/mol. The van der Waals surface area contributed by atoms with Crippen LogP contribution in [0.4, 0.5) is 5.95 Å². The molecule has 1 fully saturated rings. The van der Waals surface area contributed by atoms with Crippen LogP contribution in [-0.2, 0) is 27.7 Å². The Bertz CT molecular complexity index is 1460. The fourth-order valence-corrected chi connectivity index (χ4v) is 11.9. The predicted octanol–water partition coefficient (Wildman–Crippen LogP) is 1.15. The fraction of sp³-hybridized carbons (Fsp3) is 0.529. The topological polar surface area (TPSA) is 291 Å². The number of nitrogens with zero attached hydrogens (tertiary/aromatic N) is 5. The van der Waals surface area contributed by atoms with Crippen molar-refractivity contribution in [2.24, 2.45) is 10.8 Å². The number of nitrogen functional groups attached to an aromatic ring is 1. The normalized spacial score (nSPS) is 22.2. The summed E-state index contributed by atoms with van der Waals surface area (Å²) in [6.45, 7) is -0.737. The molecule has 3 heterocycles. The molecule has 39 heavy (non-hydrogen) atoms. The molecular formula is C17H24N8O10P4+2. The minimum absolute atomic E-state index is 0.0384. The summed E-state index contributed by atoms with van der Waals surface area (Å²) in [5.74, 6) is 3.26. The average Bonchev–Trinajstić information content (AvgIpc) is 3.42. The number of rotatable bonds is 12. The van der Waals surface area contributed by atoms with Crippen molar-refractivity contribution < 1.29 is 42.6 Å². The molecule has 22 heteroatoms. The minimum Gasteiger partial charge on any atom is -0.378 e. The van der Waals surface area contributed by atoms with E-state index in [9.17, 15) is 28.5 Å². The third-order valence-corrected chi connectivity index (χ3v) is 14.7. The third kappa shape index (κ3) is 8.10. The van der Waals surface area contributed by atoms with Gasteiger partial charge in [-0.25, -0.2) is 0 Å². The number of fused-ring (bicyclic) bond motifs is 1. The molecule has 0 amide bonds. The summed E-state index contributed by atoms with van der Waals surface area (Å²) < 4.78 is 53.8. The lowest BCUT2D eigenvalue weighted by Gasteiger charge is -2.16. The van der Waals surface area contributed by atoms with E-state index in [1.807, 2.05) is 0 Å². The van der Waals surface area contributed by atoms with E-state index in [-0.39, 0.29) is 36.7 Å². The Labute approximate surface area is 222 Å². The summed E-state index contributed by atoms with van der Waals surface area (Å²) in [5.41, 5.74) is 19.7. The van der Waals surface area contributed by atoms with Gasteiger partial charge in [-0.2, -0.15) is 9.88 Å². The molecule has 1 aliphatic rings. The fourth-order valence-electron chi connectivity index (χ4n) is 3.59. The van der Waals surface area contributed by atoms with Gasteiger partial charge in [0.25, 0.3) is 13.5 Å². The van der Waals surface area contributed by atoms with Crippen LogP contribution >= 0.6 is 30.8 Å². The summed E-state index contributed by atoms with van der Waals surface area (Å²) in [6.07, 6.45) is -1.76. The minimum atomic E-state index is -4.47. The van der Waals surface area contributed by atoms with Crippen molar-refractivity contribution in [3.05, 3.63) is 32.6 Å². The zero-order chi connectivity index (χ0) is 28.7. The molecule has 210 valence electrons. The molecule has 2 aromatic heterocycles. The predicted molar refractivity (Wildman–Crippen MR) is 141 cm³/mol. The molecule has 1 saturated heterocycles. The first-order chi connectivity index (χ1) is 18.5. The van der Waals surface area contributed by atoms with E-state index < -0.39 is 73.4 Å². The maximum Gasteiger partial charge on any atom is 0.530 e. The quantitative estimate of drug-likeness (QED) is 0.0636. The zero-order valence-corrected chi connectivity index (χ0v) is 23.5. The van der Waals surface area contributed by atoms with Gasteiger partial charge in [-0.15, -0.1) is 4.52 Å². The molecule has 2 aromatic rings. The first kappa shape index (κ1) is 31.2. The lowest BCUT2D eigenvalue weighted by molar-refractivity contribution is -0.0532. The summed E-state index contributed by atoms with van der Waals surface area (Å²) in [5, 5.41) is 13.2. The summed E-state index contributed by atoms with van der Waals surface area (Å²) in [4.78, 5) is 40.6.